The highest BCUT2D eigenvalue weighted by Gasteiger charge is 2.16. The first-order chi connectivity index (χ1) is 5.99. The van der Waals surface area contributed by atoms with Crippen LogP contribution in [0.4, 0.5) is 0 Å². The maximum Gasteiger partial charge on any atom is 0.179 e. The number of sulfone groups is 1. The van der Waals surface area contributed by atoms with Crippen molar-refractivity contribution in [3.8, 4) is 0 Å². The molecule has 0 aliphatic carbocycles. The molecule has 0 bridgehead atoms. The summed E-state index contributed by atoms with van der Waals surface area (Å²) in [5.74, 6) is 0.0209. The highest BCUT2D eigenvalue weighted by atomic mass is 35.5. The molecule has 1 rings (SSSR count). The van der Waals surface area contributed by atoms with Crippen LogP contribution in [0, 0.1) is 0 Å². The molecule has 0 radical (unpaired) electrons. The number of halogens is 2. The molecule has 0 N–H and O–H groups in total. The summed E-state index contributed by atoms with van der Waals surface area (Å²) < 4.78 is 22.9. The van der Waals surface area contributed by atoms with Gasteiger partial charge in [0.15, 0.2) is 9.84 Å². The van der Waals surface area contributed by atoms with Crippen molar-refractivity contribution < 1.29 is 8.42 Å². The van der Waals surface area contributed by atoms with Crippen molar-refractivity contribution >= 4 is 33.0 Å². The lowest BCUT2D eigenvalue weighted by molar-refractivity contribution is 0.597. The van der Waals surface area contributed by atoms with Crippen LogP contribution in [-0.4, -0.2) is 14.2 Å². The summed E-state index contributed by atoms with van der Waals surface area (Å²) in [6.45, 7) is 1.56. The Morgan fingerprint density at radius 2 is 1.92 bits per heavy atom. The van der Waals surface area contributed by atoms with Crippen LogP contribution in [0.25, 0.3) is 0 Å². The van der Waals surface area contributed by atoms with Gasteiger partial charge in [-0.2, -0.15) is 0 Å². The maximum atomic E-state index is 11.4. The predicted molar refractivity (Wildman–Crippen MR) is 54.2 cm³/mol. The lowest BCUT2D eigenvalue weighted by Gasteiger charge is -2.04. The van der Waals surface area contributed by atoms with Crippen LogP contribution in [0.1, 0.15) is 6.92 Å². The monoisotopic (exact) mass is 238 g/mol. The van der Waals surface area contributed by atoms with E-state index in [1.807, 2.05) is 0 Å². The molecule has 2 nitrogen and oxygen atoms in total. The molecule has 0 atom stereocenters. The van der Waals surface area contributed by atoms with Crippen molar-refractivity contribution in [3.63, 3.8) is 0 Å². The summed E-state index contributed by atoms with van der Waals surface area (Å²) in [6, 6.07) is 4.57. The molecule has 0 aromatic heterocycles. The molecule has 0 unspecified atom stereocenters. The maximum absolute atomic E-state index is 11.4. The Labute approximate surface area is 87.4 Å². The van der Waals surface area contributed by atoms with E-state index in [0.29, 0.717) is 0 Å². The van der Waals surface area contributed by atoms with Gasteiger partial charge in [-0.3, -0.25) is 0 Å². The molecule has 0 amide bonds. The SMILES string of the molecule is CCS(=O)(=O)c1cccc(Cl)c1Cl. The zero-order valence-electron chi connectivity index (χ0n) is 6.92. The van der Waals surface area contributed by atoms with Gasteiger partial charge in [-0.1, -0.05) is 36.2 Å². The molecule has 0 saturated carbocycles. The third kappa shape index (κ3) is 2.16. The fourth-order valence-electron chi connectivity index (χ4n) is 0.880. The van der Waals surface area contributed by atoms with Crippen molar-refractivity contribution in [2.24, 2.45) is 0 Å². The van der Waals surface area contributed by atoms with Gasteiger partial charge in [-0.15, -0.1) is 0 Å². The highest BCUT2D eigenvalue weighted by Crippen LogP contribution is 2.29. The standard InChI is InChI=1S/C8H8Cl2O2S/c1-2-13(11,12)7-5-3-4-6(9)8(7)10/h3-5H,2H2,1H3. The van der Waals surface area contributed by atoms with Crippen LogP contribution in [-0.2, 0) is 9.84 Å². The number of hydrogen-bond acceptors (Lipinski definition) is 2. The number of rotatable bonds is 2. The summed E-state index contributed by atoms with van der Waals surface area (Å²) >= 11 is 11.4. The normalized spacial score (nSPS) is 11.6. The van der Waals surface area contributed by atoms with Crippen LogP contribution >= 0.6 is 23.2 Å². The third-order valence-corrected chi connectivity index (χ3v) is 4.33. The van der Waals surface area contributed by atoms with E-state index < -0.39 is 9.84 Å². The number of benzene rings is 1. The van der Waals surface area contributed by atoms with Crippen molar-refractivity contribution in [1.82, 2.24) is 0 Å². The minimum absolute atomic E-state index is 0.0209. The Morgan fingerprint density at radius 3 is 2.46 bits per heavy atom. The zero-order chi connectivity index (χ0) is 10.1. The second-order valence-corrected chi connectivity index (χ2v) is 5.49. The second-order valence-electron chi connectivity index (χ2n) is 2.46. The van der Waals surface area contributed by atoms with Crippen LogP contribution in [0.15, 0.2) is 23.1 Å². The van der Waals surface area contributed by atoms with Crippen molar-refractivity contribution in [2.75, 3.05) is 5.75 Å². The Balaban J connectivity index is 3.40. The second kappa shape index (κ2) is 3.86. The molecule has 5 heteroatoms. The van der Waals surface area contributed by atoms with E-state index in [1.165, 1.54) is 6.07 Å². The van der Waals surface area contributed by atoms with Gasteiger partial charge in [-0.05, 0) is 12.1 Å². The lowest BCUT2D eigenvalue weighted by atomic mass is 10.4. The summed E-state index contributed by atoms with van der Waals surface area (Å²) in [7, 11) is -3.27. The van der Waals surface area contributed by atoms with Crippen LogP contribution < -0.4 is 0 Å². The smallest absolute Gasteiger partial charge is 0.179 e. The first-order valence-electron chi connectivity index (χ1n) is 3.66. The third-order valence-electron chi connectivity index (χ3n) is 1.63. The van der Waals surface area contributed by atoms with E-state index in [4.69, 9.17) is 23.2 Å². The summed E-state index contributed by atoms with van der Waals surface area (Å²) in [5, 5.41) is 0.363. The van der Waals surface area contributed by atoms with Gasteiger partial charge < -0.3 is 0 Å². The Kier molecular flexibility index (Phi) is 3.22. The van der Waals surface area contributed by atoms with Gasteiger partial charge >= 0.3 is 0 Å². The molecule has 1 aromatic rings. The van der Waals surface area contributed by atoms with E-state index in [1.54, 1.807) is 19.1 Å². The summed E-state index contributed by atoms with van der Waals surface area (Å²) in [5.41, 5.74) is 0. The topological polar surface area (TPSA) is 34.1 Å². The zero-order valence-corrected chi connectivity index (χ0v) is 9.25. The van der Waals surface area contributed by atoms with E-state index in [2.05, 4.69) is 0 Å². The van der Waals surface area contributed by atoms with Gasteiger partial charge in [-0.25, -0.2) is 8.42 Å². The van der Waals surface area contributed by atoms with E-state index in [9.17, 15) is 8.42 Å². The van der Waals surface area contributed by atoms with Gasteiger partial charge in [0.05, 0.1) is 20.7 Å². The molecule has 0 fully saturated rings. The largest absolute Gasteiger partial charge is 0.224 e. The lowest BCUT2D eigenvalue weighted by Crippen LogP contribution is -2.04. The average Bonchev–Trinajstić information content (AvgIpc) is 2.09. The molecule has 0 aliphatic rings. The fourth-order valence-corrected chi connectivity index (χ4v) is 2.57. The molecule has 0 heterocycles. The predicted octanol–water partition coefficient (Wildman–Crippen LogP) is 2.79. The van der Waals surface area contributed by atoms with E-state index >= 15 is 0 Å². The number of hydrogen-bond donors (Lipinski definition) is 0. The van der Waals surface area contributed by atoms with Gasteiger partial charge in [0.2, 0.25) is 0 Å². The summed E-state index contributed by atoms with van der Waals surface area (Å²) in [6.07, 6.45) is 0. The molecule has 13 heavy (non-hydrogen) atoms. The van der Waals surface area contributed by atoms with Crippen LogP contribution in [0.2, 0.25) is 10.0 Å². The molecule has 0 spiro atoms. The minimum atomic E-state index is -3.27. The summed E-state index contributed by atoms with van der Waals surface area (Å²) in [4.78, 5) is 0.101. The first kappa shape index (κ1) is 10.8. The average molecular weight is 239 g/mol. The Hall–Kier alpha value is -0.250. The molecule has 0 saturated heterocycles. The van der Waals surface area contributed by atoms with Crippen molar-refractivity contribution in [2.45, 2.75) is 11.8 Å². The van der Waals surface area contributed by atoms with E-state index in [-0.39, 0.29) is 20.7 Å². The molecular formula is C8H8Cl2O2S. The molecular weight excluding hydrogens is 231 g/mol. The Bertz CT molecular complexity index is 412. The molecule has 1 aromatic carbocycles. The van der Waals surface area contributed by atoms with Crippen molar-refractivity contribution in [1.29, 1.82) is 0 Å². The van der Waals surface area contributed by atoms with Gasteiger partial charge in [0.25, 0.3) is 0 Å². The van der Waals surface area contributed by atoms with Gasteiger partial charge in [0, 0.05) is 0 Å². The fraction of sp³-hybridized carbons (Fsp3) is 0.250. The van der Waals surface area contributed by atoms with Crippen molar-refractivity contribution in [3.05, 3.63) is 28.2 Å². The first-order valence-corrected chi connectivity index (χ1v) is 6.06. The van der Waals surface area contributed by atoms with Crippen LogP contribution in [0.5, 0.6) is 0 Å². The molecule has 72 valence electrons. The minimum Gasteiger partial charge on any atom is -0.224 e. The highest BCUT2D eigenvalue weighted by molar-refractivity contribution is 7.91. The molecule has 0 aliphatic heterocycles. The van der Waals surface area contributed by atoms with Gasteiger partial charge in [0.1, 0.15) is 0 Å². The quantitative estimate of drug-likeness (QED) is 0.795. The Morgan fingerprint density at radius 1 is 1.31 bits per heavy atom. The van der Waals surface area contributed by atoms with E-state index in [0.717, 1.165) is 0 Å². The van der Waals surface area contributed by atoms with Crippen LogP contribution in [0.3, 0.4) is 0 Å².